The molecule has 0 aliphatic heterocycles. The number of carbonyl (C=O) groups excluding carboxylic acids is 1. The van der Waals surface area contributed by atoms with Crippen molar-refractivity contribution in [2.24, 2.45) is 0 Å². The molecule has 0 aliphatic carbocycles. The Labute approximate surface area is 175 Å². The molecule has 0 unspecified atom stereocenters. The molecular formula is C18H18BrCl2N5O. The average molecular weight is 471 g/mol. The van der Waals surface area contributed by atoms with Crippen LogP contribution < -0.4 is 5.32 Å². The molecule has 142 valence electrons. The van der Waals surface area contributed by atoms with Gasteiger partial charge in [0, 0.05) is 34.8 Å². The normalized spacial score (nSPS) is 11.0. The molecule has 9 heteroatoms. The molecule has 0 atom stereocenters. The van der Waals surface area contributed by atoms with E-state index < -0.39 is 0 Å². The summed E-state index contributed by atoms with van der Waals surface area (Å²) in [4.78, 5) is 12.3. The maximum Gasteiger partial charge on any atom is 0.226 e. The van der Waals surface area contributed by atoms with E-state index in [4.69, 9.17) is 23.2 Å². The average Bonchev–Trinajstić information content (AvgIpc) is 3.14. The predicted octanol–water partition coefficient (Wildman–Crippen LogP) is 4.84. The number of hydrogen-bond acceptors (Lipinski definition) is 3. The Balaban J connectivity index is 1.70. The van der Waals surface area contributed by atoms with Crippen LogP contribution in [0.4, 0.5) is 5.69 Å². The number of aromatic nitrogens is 4. The number of carbonyl (C=O) groups is 1. The van der Waals surface area contributed by atoms with E-state index in [1.165, 1.54) is 0 Å². The third kappa shape index (κ3) is 4.72. The molecule has 0 aliphatic rings. The second-order valence-electron chi connectivity index (χ2n) is 6.12. The van der Waals surface area contributed by atoms with Crippen molar-refractivity contribution in [3.8, 4) is 0 Å². The Morgan fingerprint density at radius 3 is 2.59 bits per heavy atom. The minimum absolute atomic E-state index is 0.0943. The van der Waals surface area contributed by atoms with E-state index in [9.17, 15) is 4.79 Å². The molecule has 0 fully saturated rings. The number of hydrogen-bond donors (Lipinski definition) is 1. The quantitative estimate of drug-likeness (QED) is 0.560. The van der Waals surface area contributed by atoms with Gasteiger partial charge in [0.05, 0.1) is 34.3 Å². The molecule has 0 bridgehead atoms. The van der Waals surface area contributed by atoms with Crippen LogP contribution in [0.15, 0.2) is 35.1 Å². The van der Waals surface area contributed by atoms with Crippen LogP contribution in [0.2, 0.25) is 10.0 Å². The molecule has 3 aromatic rings. The molecule has 2 aromatic heterocycles. The van der Waals surface area contributed by atoms with Crippen molar-refractivity contribution in [2.75, 3.05) is 5.32 Å². The maximum absolute atomic E-state index is 12.3. The molecule has 0 saturated heterocycles. The van der Waals surface area contributed by atoms with Crippen molar-refractivity contribution >= 4 is 50.7 Å². The van der Waals surface area contributed by atoms with Crippen LogP contribution in [-0.2, 0) is 17.9 Å². The van der Waals surface area contributed by atoms with Crippen molar-refractivity contribution in [3.63, 3.8) is 0 Å². The van der Waals surface area contributed by atoms with Crippen LogP contribution in [0, 0.1) is 13.8 Å². The Bertz CT molecular complexity index is 962. The molecule has 1 aromatic carbocycles. The fourth-order valence-corrected chi connectivity index (χ4v) is 3.59. The number of amides is 1. The highest BCUT2D eigenvalue weighted by molar-refractivity contribution is 9.10. The van der Waals surface area contributed by atoms with Gasteiger partial charge in [-0.05, 0) is 41.9 Å². The lowest BCUT2D eigenvalue weighted by atomic mass is 10.2. The zero-order valence-electron chi connectivity index (χ0n) is 14.8. The Kier molecular flexibility index (Phi) is 6.24. The molecule has 1 amide bonds. The van der Waals surface area contributed by atoms with Crippen LogP contribution >= 0.6 is 39.1 Å². The van der Waals surface area contributed by atoms with Crippen LogP contribution in [0.5, 0.6) is 0 Å². The lowest BCUT2D eigenvalue weighted by Gasteiger charge is -2.10. The summed E-state index contributed by atoms with van der Waals surface area (Å²) in [5.74, 6) is -0.0943. The summed E-state index contributed by atoms with van der Waals surface area (Å²) in [6.07, 6.45) is 3.83. The second-order valence-corrected chi connectivity index (χ2v) is 7.85. The molecule has 0 radical (unpaired) electrons. The second kappa shape index (κ2) is 8.46. The molecule has 2 heterocycles. The Hall–Kier alpha value is -1.83. The number of benzene rings is 1. The highest BCUT2D eigenvalue weighted by Gasteiger charge is 2.16. The molecule has 1 N–H and O–H groups in total. The third-order valence-electron chi connectivity index (χ3n) is 4.19. The topological polar surface area (TPSA) is 64.7 Å². The number of aryl methyl sites for hydroxylation is 2. The number of nitrogens with zero attached hydrogens (tertiary/aromatic N) is 4. The zero-order chi connectivity index (χ0) is 19.6. The van der Waals surface area contributed by atoms with Crippen LogP contribution in [0.1, 0.15) is 23.4 Å². The highest BCUT2D eigenvalue weighted by Crippen LogP contribution is 2.27. The van der Waals surface area contributed by atoms with Gasteiger partial charge >= 0.3 is 0 Å². The van der Waals surface area contributed by atoms with Gasteiger partial charge in [-0.25, -0.2) is 0 Å². The maximum atomic E-state index is 12.3. The van der Waals surface area contributed by atoms with Gasteiger partial charge in [-0.1, -0.05) is 29.3 Å². The van der Waals surface area contributed by atoms with E-state index in [0.29, 0.717) is 35.2 Å². The standard InChI is InChI=1S/C18H18BrCl2N5O/c1-11-18(23-17(27)6-7-25-9-13(19)8-22-25)12(2)26(24-11)10-14-15(20)4-3-5-16(14)21/h3-5,8-9H,6-7,10H2,1-2H3,(H,23,27). The van der Waals surface area contributed by atoms with Gasteiger partial charge < -0.3 is 5.32 Å². The van der Waals surface area contributed by atoms with Gasteiger partial charge in [-0.2, -0.15) is 10.2 Å². The molecule has 0 spiro atoms. The Morgan fingerprint density at radius 2 is 1.96 bits per heavy atom. The van der Waals surface area contributed by atoms with Crippen LogP contribution in [0.25, 0.3) is 0 Å². The fraction of sp³-hybridized carbons (Fsp3) is 0.278. The molecule has 6 nitrogen and oxygen atoms in total. The first-order valence-corrected chi connectivity index (χ1v) is 9.84. The number of rotatable bonds is 6. The van der Waals surface area contributed by atoms with E-state index in [1.54, 1.807) is 33.8 Å². The molecule has 3 rings (SSSR count). The van der Waals surface area contributed by atoms with Gasteiger partial charge in [-0.3, -0.25) is 14.2 Å². The minimum Gasteiger partial charge on any atom is -0.323 e. The number of halogens is 3. The lowest BCUT2D eigenvalue weighted by molar-refractivity contribution is -0.116. The summed E-state index contributed by atoms with van der Waals surface area (Å²) in [6.45, 7) is 4.70. The summed E-state index contributed by atoms with van der Waals surface area (Å²) < 4.78 is 4.39. The van der Waals surface area contributed by atoms with E-state index in [-0.39, 0.29) is 5.91 Å². The summed E-state index contributed by atoms with van der Waals surface area (Å²) in [6, 6.07) is 5.40. The van der Waals surface area contributed by atoms with Crippen LogP contribution in [0.3, 0.4) is 0 Å². The van der Waals surface area contributed by atoms with Crippen LogP contribution in [-0.4, -0.2) is 25.5 Å². The van der Waals surface area contributed by atoms with Crippen molar-refractivity contribution < 1.29 is 4.79 Å². The van der Waals surface area contributed by atoms with Gasteiger partial charge in [0.1, 0.15) is 0 Å². The van der Waals surface area contributed by atoms with Gasteiger partial charge in [0.15, 0.2) is 0 Å². The first-order chi connectivity index (χ1) is 12.8. The summed E-state index contributed by atoms with van der Waals surface area (Å²) in [5.41, 5.74) is 3.10. The lowest BCUT2D eigenvalue weighted by Crippen LogP contribution is -2.16. The Morgan fingerprint density at radius 1 is 1.26 bits per heavy atom. The highest BCUT2D eigenvalue weighted by atomic mass is 79.9. The van der Waals surface area contributed by atoms with Gasteiger partial charge in [0.25, 0.3) is 0 Å². The van der Waals surface area contributed by atoms with E-state index in [1.807, 2.05) is 20.0 Å². The van der Waals surface area contributed by atoms with Gasteiger partial charge in [0.2, 0.25) is 5.91 Å². The summed E-state index contributed by atoms with van der Waals surface area (Å²) in [7, 11) is 0. The van der Waals surface area contributed by atoms with E-state index in [2.05, 4.69) is 31.4 Å². The summed E-state index contributed by atoms with van der Waals surface area (Å²) >= 11 is 15.9. The minimum atomic E-state index is -0.0943. The largest absolute Gasteiger partial charge is 0.323 e. The van der Waals surface area contributed by atoms with E-state index in [0.717, 1.165) is 21.4 Å². The molecule has 0 saturated carbocycles. The van der Waals surface area contributed by atoms with Crippen molar-refractivity contribution in [3.05, 3.63) is 62.1 Å². The predicted molar refractivity (Wildman–Crippen MR) is 110 cm³/mol. The summed E-state index contributed by atoms with van der Waals surface area (Å²) in [5, 5.41) is 12.8. The SMILES string of the molecule is Cc1nn(Cc2c(Cl)cccc2Cl)c(C)c1NC(=O)CCn1cc(Br)cn1. The number of anilines is 1. The zero-order valence-corrected chi connectivity index (χ0v) is 17.9. The fourth-order valence-electron chi connectivity index (χ4n) is 2.74. The third-order valence-corrected chi connectivity index (χ3v) is 5.30. The van der Waals surface area contributed by atoms with Crippen molar-refractivity contribution in [1.29, 1.82) is 0 Å². The molecule has 27 heavy (non-hydrogen) atoms. The first-order valence-electron chi connectivity index (χ1n) is 8.30. The number of nitrogens with one attached hydrogen (secondary N) is 1. The van der Waals surface area contributed by atoms with E-state index >= 15 is 0 Å². The van der Waals surface area contributed by atoms with Crippen molar-refractivity contribution in [2.45, 2.75) is 33.4 Å². The monoisotopic (exact) mass is 469 g/mol. The van der Waals surface area contributed by atoms with Gasteiger partial charge in [-0.15, -0.1) is 0 Å². The first kappa shape index (κ1) is 19.9. The van der Waals surface area contributed by atoms with Crippen molar-refractivity contribution in [1.82, 2.24) is 19.6 Å². The molecular weight excluding hydrogens is 453 g/mol. The smallest absolute Gasteiger partial charge is 0.226 e.